The zero-order valence-electron chi connectivity index (χ0n) is 11.0. The van der Waals surface area contributed by atoms with Crippen LogP contribution in [0.25, 0.3) is 10.8 Å². The maximum atomic E-state index is 11.8. The van der Waals surface area contributed by atoms with Crippen LogP contribution in [0, 0.1) is 0 Å². The molecule has 2 heterocycles. The highest BCUT2D eigenvalue weighted by atomic mass is 32.1. The lowest BCUT2D eigenvalue weighted by Crippen LogP contribution is -3.12. The molecule has 19 heavy (non-hydrogen) atoms. The van der Waals surface area contributed by atoms with Crippen molar-refractivity contribution < 1.29 is 14.1 Å². The largest absolute Gasteiger partial charge is 0.462 e. The number of likely N-dealkylation sites (N-methyl/N-ethyl adjacent to an activating group) is 1. The van der Waals surface area contributed by atoms with E-state index in [4.69, 9.17) is 4.42 Å². The molecule has 0 saturated heterocycles. The van der Waals surface area contributed by atoms with Crippen molar-refractivity contribution in [2.75, 3.05) is 25.0 Å². The number of aromatic nitrogens is 2. The number of rotatable bonds is 6. The first-order valence-corrected chi connectivity index (χ1v) is 7.05. The number of carbonyl (C=O) groups excluding carboxylic acids is 1. The van der Waals surface area contributed by atoms with Gasteiger partial charge < -0.3 is 9.32 Å². The number of quaternary nitrogens is 1. The first kappa shape index (κ1) is 13.7. The second kappa shape index (κ2) is 6.44. The number of hydrogen-bond donors (Lipinski definition) is 2. The molecule has 102 valence electrons. The smallest absolute Gasteiger partial charge is 0.281 e. The number of amides is 1. The average Bonchev–Trinajstić information content (AvgIpc) is 3.06. The van der Waals surface area contributed by atoms with Gasteiger partial charge in [-0.25, -0.2) is 0 Å². The van der Waals surface area contributed by atoms with Crippen LogP contribution in [0.4, 0.5) is 5.13 Å². The van der Waals surface area contributed by atoms with Crippen molar-refractivity contribution >= 4 is 22.4 Å². The van der Waals surface area contributed by atoms with E-state index in [2.05, 4.69) is 29.4 Å². The molecule has 0 saturated carbocycles. The van der Waals surface area contributed by atoms with Crippen LogP contribution in [-0.2, 0) is 4.79 Å². The summed E-state index contributed by atoms with van der Waals surface area (Å²) in [5.41, 5.74) is 0. The van der Waals surface area contributed by atoms with Crippen LogP contribution in [-0.4, -0.2) is 35.7 Å². The van der Waals surface area contributed by atoms with Gasteiger partial charge in [0.2, 0.25) is 5.13 Å². The molecule has 0 atom stereocenters. The number of hydrogen-bond acceptors (Lipinski definition) is 5. The molecule has 6 nitrogen and oxygen atoms in total. The van der Waals surface area contributed by atoms with Crippen molar-refractivity contribution in [3.8, 4) is 10.8 Å². The van der Waals surface area contributed by atoms with Gasteiger partial charge in [-0.3, -0.25) is 10.1 Å². The van der Waals surface area contributed by atoms with E-state index >= 15 is 0 Å². The van der Waals surface area contributed by atoms with Crippen molar-refractivity contribution in [2.24, 2.45) is 0 Å². The molecule has 2 aromatic rings. The quantitative estimate of drug-likeness (QED) is 0.816. The highest BCUT2D eigenvalue weighted by Gasteiger charge is 2.14. The average molecular weight is 281 g/mol. The Morgan fingerprint density at radius 3 is 2.84 bits per heavy atom. The van der Waals surface area contributed by atoms with E-state index in [0.717, 1.165) is 13.1 Å². The van der Waals surface area contributed by atoms with Gasteiger partial charge in [-0.2, -0.15) is 0 Å². The van der Waals surface area contributed by atoms with Crippen molar-refractivity contribution in [3.63, 3.8) is 0 Å². The summed E-state index contributed by atoms with van der Waals surface area (Å²) in [6.07, 6.45) is 1.58. The SMILES string of the molecule is CC[NH+](CC)CC(=O)Nc1nnc(-c2ccco2)s1. The summed E-state index contributed by atoms with van der Waals surface area (Å²) in [4.78, 5) is 13.0. The summed E-state index contributed by atoms with van der Waals surface area (Å²) in [7, 11) is 0. The van der Waals surface area contributed by atoms with Crippen LogP contribution in [0.1, 0.15) is 13.8 Å². The molecule has 0 radical (unpaired) electrons. The van der Waals surface area contributed by atoms with Crippen LogP contribution in [0.2, 0.25) is 0 Å². The molecule has 7 heteroatoms. The highest BCUT2D eigenvalue weighted by molar-refractivity contribution is 7.18. The Bertz CT molecular complexity index is 520. The minimum absolute atomic E-state index is 0.0409. The van der Waals surface area contributed by atoms with Gasteiger partial charge in [0.05, 0.1) is 19.4 Å². The normalized spacial score (nSPS) is 10.9. The lowest BCUT2D eigenvalue weighted by atomic mass is 10.4. The lowest BCUT2D eigenvalue weighted by Gasteiger charge is -2.13. The third kappa shape index (κ3) is 3.62. The maximum Gasteiger partial charge on any atom is 0.281 e. The first-order valence-electron chi connectivity index (χ1n) is 6.23. The number of nitrogens with zero attached hydrogens (tertiary/aromatic N) is 2. The summed E-state index contributed by atoms with van der Waals surface area (Å²) >= 11 is 1.30. The Morgan fingerprint density at radius 2 is 2.21 bits per heavy atom. The molecule has 2 aromatic heterocycles. The van der Waals surface area contributed by atoms with E-state index in [1.54, 1.807) is 12.3 Å². The van der Waals surface area contributed by atoms with Crippen LogP contribution >= 0.6 is 11.3 Å². The molecule has 0 aromatic carbocycles. The standard InChI is InChI=1S/C12H16N4O2S/c1-3-16(4-2)8-10(17)13-12-15-14-11(19-12)9-6-5-7-18-9/h5-7H,3-4,8H2,1-2H3,(H,13,15,17)/p+1. The number of anilines is 1. The van der Waals surface area contributed by atoms with Crippen molar-refractivity contribution in [1.29, 1.82) is 0 Å². The predicted molar refractivity (Wildman–Crippen MR) is 73.2 cm³/mol. The van der Waals surface area contributed by atoms with Gasteiger partial charge in [0.25, 0.3) is 5.91 Å². The van der Waals surface area contributed by atoms with Crippen molar-refractivity contribution in [2.45, 2.75) is 13.8 Å². The van der Waals surface area contributed by atoms with E-state index in [1.807, 2.05) is 6.07 Å². The fourth-order valence-corrected chi connectivity index (χ4v) is 2.39. The molecular weight excluding hydrogens is 264 g/mol. The predicted octanol–water partition coefficient (Wildman–Crippen LogP) is 0.661. The Labute approximate surface area is 115 Å². The fraction of sp³-hybridized carbons (Fsp3) is 0.417. The molecule has 2 rings (SSSR count). The summed E-state index contributed by atoms with van der Waals surface area (Å²) in [5, 5.41) is 11.9. The molecule has 0 unspecified atom stereocenters. The molecule has 0 aliphatic carbocycles. The second-order valence-corrected chi connectivity index (χ2v) is 5.05. The molecule has 2 N–H and O–H groups in total. The van der Waals surface area contributed by atoms with Gasteiger partial charge in [0.1, 0.15) is 0 Å². The van der Waals surface area contributed by atoms with Crippen molar-refractivity contribution in [3.05, 3.63) is 18.4 Å². The monoisotopic (exact) mass is 281 g/mol. The Morgan fingerprint density at radius 1 is 1.42 bits per heavy atom. The second-order valence-electron chi connectivity index (χ2n) is 4.07. The highest BCUT2D eigenvalue weighted by Crippen LogP contribution is 2.26. The van der Waals surface area contributed by atoms with Crippen LogP contribution in [0.5, 0.6) is 0 Å². The zero-order chi connectivity index (χ0) is 13.7. The molecular formula is C12H17N4O2S+. The minimum Gasteiger partial charge on any atom is -0.462 e. The summed E-state index contributed by atoms with van der Waals surface area (Å²) in [6, 6.07) is 3.60. The molecule has 0 fully saturated rings. The van der Waals surface area contributed by atoms with E-state index in [-0.39, 0.29) is 5.91 Å². The molecule has 0 aliphatic heterocycles. The van der Waals surface area contributed by atoms with Gasteiger partial charge in [0, 0.05) is 0 Å². The van der Waals surface area contributed by atoms with Gasteiger partial charge in [0.15, 0.2) is 17.3 Å². The molecule has 0 aliphatic rings. The summed E-state index contributed by atoms with van der Waals surface area (Å²) in [6.45, 7) is 6.43. The van der Waals surface area contributed by atoms with Gasteiger partial charge in [-0.05, 0) is 26.0 Å². The molecule has 0 spiro atoms. The van der Waals surface area contributed by atoms with Crippen LogP contribution < -0.4 is 10.2 Å². The third-order valence-corrected chi connectivity index (χ3v) is 3.67. The number of nitrogens with one attached hydrogen (secondary N) is 2. The van der Waals surface area contributed by atoms with E-state index in [1.165, 1.54) is 16.2 Å². The van der Waals surface area contributed by atoms with Crippen LogP contribution in [0.3, 0.4) is 0 Å². The number of furan rings is 1. The lowest BCUT2D eigenvalue weighted by molar-refractivity contribution is -0.888. The zero-order valence-corrected chi connectivity index (χ0v) is 11.8. The number of carbonyl (C=O) groups is 1. The first-order chi connectivity index (χ1) is 9.22. The van der Waals surface area contributed by atoms with Crippen molar-refractivity contribution in [1.82, 2.24) is 10.2 Å². The van der Waals surface area contributed by atoms with Gasteiger partial charge in [-0.15, -0.1) is 10.2 Å². The van der Waals surface area contributed by atoms with E-state index in [9.17, 15) is 4.79 Å². The Kier molecular flexibility index (Phi) is 4.64. The van der Waals surface area contributed by atoms with Gasteiger partial charge in [-0.1, -0.05) is 11.3 Å². The Balaban J connectivity index is 1.95. The van der Waals surface area contributed by atoms with E-state index < -0.39 is 0 Å². The van der Waals surface area contributed by atoms with Crippen LogP contribution in [0.15, 0.2) is 22.8 Å². The fourth-order valence-electron chi connectivity index (χ4n) is 1.66. The summed E-state index contributed by atoms with van der Waals surface area (Å²) < 4.78 is 5.23. The Hall–Kier alpha value is -1.73. The van der Waals surface area contributed by atoms with E-state index in [0.29, 0.717) is 22.4 Å². The molecule has 1 amide bonds. The summed E-state index contributed by atoms with van der Waals surface area (Å²) in [5.74, 6) is 0.619. The third-order valence-electron chi connectivity index (χ3n) is 2.81. The maximum absolute atomic E-state index is 11.8. The van der Waals surface area contributed by atoms with Gasteiger partial charge >= 0.3 is 0 Å². The topological polar surface area (TPSA) is 72.5 Å². The minimum atomic E-state index is -0.0409. The molecule has 0 bridgehead atoms.